The largest absolute Gasteiger partial charge is 0.468 e. The molecule has 0 aliphatic heterocycles. The van der Waals surface area contributed by atoms with Crippen LogP contribution in [0.25, 0.3) is 0 Å². The maximum atomic E-state index is 13.5. The molecule has 0 radical (unpaired) electrons. The van der Waals surface area contributed by atoms with E-state index in [1.54, 1.807) is 0 Å². The summed E-state index contributed by atoms with van der Waals surface area (Å²) in [7, 11) is 1.22. The average molecular weight is 306 g/mol. The molecule has 0 aliphatic carbocycles. The molecule has 0 saturated carbocycles. The zero-order chi connectivity index (χ0) is 13.0. The number of carbonyl (C=O) groups excluding carboxylic acids is 1. The monoisotopic (exact) mass is 305 g/mol. The van der Waals surface area contributed by atoms with E-state index in [-0.39, 0.29) is 17.7 Å². The standard InChI is InChI=1S/C10H9BrFNO4/c1-17-10(14)8(11)4-6-2-3-7(13(15)16)5-9(6)12/h2-3,5,8H,4H2,1H3. The van der Waals surface area contributed by atoms with Crippen molar-refractivity contribution in [3.05, 3.63) is 39.7 Å². The molecular weight excluding hydrogens is 297 g/mol. The highest BCUT2D eigenvalue weighted by atomic mass is 79.9. The van der Waals surface area contributed by atoms with Gasteiger partial charge in [-0.3, -0.25) is 14.9 Å². The summed E-state index contributed by atoms with van der Waals surface area (Å²) in [5, 5.41) is 10.4. The van der Waals surface area contributed by atoms with E-state index in [9.17, 15) is 19.3 Å². The highest BCUT2D eigenvalue weighted by Crippen LogP contribution is 2.19. The molecule has 0 aromatic heterocycles. The number of nitro benzene ring substituents is 1. The van der Waals surface area contributed by atoms with Crippen LogP contribution in [0.1, 0.15) is 5.56 Å². The van der Waals surface area contributed by atoms with Crippen molar-refractivity contribution in [1.82, 2.24) is 0 Å². The summed E-state index contributed by atoms with van der Waals surface area (Å²) in [6.07, 6.45) is 0.0660. The van der Waals surface area contributed by atoms with Crippen molar-refractivity contribution in [2.75, 3.05) is 7.11 Å². The van der Waals surface area contributed by atoms with Crippen LogP contribution < -0.4 is 0 Å². The number of nitrogens with zero attached hydrogens (tertiary/aromatic N) is 1. The fraction of sp³-hybridized carbons (Fsp3) is 0.300. The zero-order valence-corrected chi connectivity index (χ0v) is 10.4. The molecule has 7 heteroatoms. The van der Waals surface area contributed by atoms with E-state index in [1.165, 1.54) is 19.2 Å². The van der Waals surface area contributed by atoms with E-state index in [1.807, 2.05) is 0 Å². The first-order chi connectivity index (χ1) is 7.95. The Morgan fingerprint density at radius 1 is 1.65 bits per heavy atom. The van der Waals surface area contributed by atoms with Crippen molar-refractivity contribution in [1.29, 1.82) is 0 Å². The summed E-state index contributed by atoms with van der Waals surface area (Å²) in [5.41, 5.74) is -0.113. The lowest BCUT2D eigenvalue weighted by Crippen LogP contribution is -2.18. The lowest BCUT2D eigenvalue weighted by molar-refractivity contribution is -0.385. The minimum Gasteiger partial charge on any atom is -0.468 e. The van der Waals surface area contributed by atoms with Gasteiger partial charge in [0.15, 0.2) is 0 Å². The molecule has 1 aromatic carbocycles. The summed E-state index contributed by atoms with van der Waals surface area (Å²) in [4.78, 5) is 20.1. The second kappa shape index (κ2) is 5.72. The molecule has 0 aliphatic rings. The molecule has 17 heavy (non-hydrogen) atoms. The van der Waals surface area contributed by atoms with E-state index in [0.29, 0.717) is 0 Å². The van der Waals surface area contributed by atoms with Crippen LogP contribution in [0.5, 0.6) is 0 Å². The second-order valence-corrected chi connectivity index (χ2v) is 4.33. The number of halogens is 2. The molecule has 1 aromatic rings. The lowest BCUT2D eigenvalue weighted by atomic mass is 10.1. The van der Waals surface area contributed by atoms with Gasteiger partial charge >= 0.3 is 5.97 Å². The number of non-ortho nitro benzene ring substituents is 1. The Hall–Kier alpha value is -1.50. The number of methoxy groups -OCH3 is 1. The highest BCUT2D eigenvalue weighted by Gasteiger charge is 2.19. The van der Waals surface area contributed by atoms with E-state index < -0.39 is 21.5 Å². The van der Waals surface area contributed by atoms with Gasteiger partial charge in [0.05, 0.1) is 18.1 Å². The minimum atomic E-state index is -0.715. The third-order valence-electron chi connectivity index (χ3n) is 2.10. The highest BCUT2D eigenvalue weighted by molar-refractivity contribution is 9.10. The molecule has 0 saturated heterocycles. The van der Waals surface area contributed by atoms with Crippen LogP contribution in [-0.2, 0) is 16.0 Å². The molecule has 1 unspecified atom stereocenters. The number of benzene rings is 1. The van der Waals surface area contributed by atoms with Gasteiger partial charge in [0.25, 0.3) is 5.69 Å². The Bertz CT molecular complexity index is 452. The van der Waals surface area contributed by atoms with Gasteiger partial charge in [-0.25, -0.2) is 4.39 Å². The number of ether oxygens (including phenoxy) is 1. The maximum Gasteiger partial charge on any atom is 0.319 e. The third-order valence-corrected chi connectivity index (χ3v) is 2.80. The first-order valence-electron chi connectivity index (χ1n) is 4.60. The Balaban J connectivity index is 2.86. The molecule has 0 heterocycles. The normalized spacial score (nSPS) is 11.9. The van der Waals surface area contributed by atoms with Gasteiger partial charge in [0.1, 0.15) is 10.6 Å². The first kappa shape index (κ1) is 13.6. The van der Waals surface area contributed by atoms with Crippen LogP contribution in [0.4, 0.5) is 10.1 Å². The van der Waals surface area contributed by atoms with Gasteiger partial charge in [-0.2, -0.15) is 0 Å². The molecule has 0 bridgehead atoms. The molecule has 5 nitrogen and oxygen atoms in total. The summed E-state index contributed by atoms with van der Waals surface area (Å²) < 4.78 is 17.9. The Morgan fingerprint density at radius 3 is 2.76 bits per heavy atom. The summed E-state index contributed by atoms with van der Waals surface area (Å²) >= 11 is 3.05. The number of hydrogen-bond acceptors (Lipinski definition) is 4. The van der Waals surface area contributed by atoms with Gasteiger partial charge in [-0.15, -0.1) is 0 Å². The molecule has 92 valence electrons. The van der Waals surface area contributed by atoms with Gasteiger partial charge in [-0.05, 0) is 18.1 Å². The smallest absolute Gasteiger partial charge is 0.319 e. The SMILES string of the molecule is COC(=O)C(Br)Cc1ccc([N+](=O)[O-])cc1F. The maximum absolute atomic E-state index is 13.5. The fourth-order valence-electron chi connectivity index (χ4n) is 1.22. The van der Waals surface area contributed by atoms with Crippen LogP contribution in [0.2, 0.25) is 0 Å². The van der Waals surface area contributed by atoms with Gasteiger partial charge < -0.3 is 4.74 Å². The van der Waals surface area contributed by atoms with Crippen molar-refractivity contribution in [2.45, 2.75) is 11.2 Å². The van der Waals surface area contributed by atoms with Crippen molar-refractivity contribution in [2.24, 2.45) is 0 Å². The average Bonchev–Trinajstić information content (AvgIpc) is 2.30. The fourth-order valence-corrected chi connectivity index (χ4v) is 1.76. The number of alkyl halides is 1. The summed E-state index contributed by atoms with van der Waals surface area (Å²) in [6.45, 7) is 0. The topological polar surface area (TPSA) is 69.4 Å². The number of carbonyl (C=O) groups is 1. The van der Waals surface area contributed by atoms with Gasteiger partial charge in [0, 0.05) is 6.07 Å². The lowest BCUT2D eigenvalue weighted by Gasteiger charge is -2.08. The van der Waals surface area contributed by atoms with E-state index in [2.05, 4.69) is 20.7 Å². The minimum absolute atomic E-state index is 0.0660. The van der Waals surface area contributed by atoms with Crippen LogP contribution in [0, 0.1) is 15.9 Å². The van der Waals surface area contributed by atoms with Crippen molar-refractivity contribution in [3.8, 4) is 0 Å². The van der Waals surface area contributed by atoms with Crippen molar-refractivity contribution in [3.63, 3.8) is 0 Å². The number of nitro groups is 1. The zero-order valence-electron chi connectivity index (χ0n) is 8.85. The predicted molar refractivity (Wildman–Crippen MR) is 61.5 cm³/mol. The molecule has 0 N–H and O–H groups in total. The van der Waals surface area contributed by atoms with Gasteiger partial charge in [0.2, 0.25) is 0 Å². The van der Waals surface area contributed by atoms with Crippen molar-refractivity contribution >= 4 is 27.6 Å². The molecule has 1 atom stereocenters. The van der Waals surface area contributed by atoms with Crippen LogP contribution in [0.15, 0.2) is 18.2 Å². The Labute approximate surface area is 105 Å². The Morgan fingerprint density at radius 2 is 2.29 bits per heavy atom. The van der Waals surface area contributed by atoms with Crippen LogP contribution >= 0.6 is 15.9 Å². The second-order valence-electron chi connectivity index (χ2n) is 3.23. The first-order valence-corrected chi connectivity index (χ1v) is 5.52. The molecule has 1 rings (SSSR count). The van der Waals surface area contributed by atoms with Crippen LogP contribution in [-0.4, -0.2) is 22.8 Å². The predicted octanol–water partition coefficient (Wildman–Crippen LogP) is 2.21. The van der Waals surface area contributed by atoms with E-state index in [4.69, 9.17) is 0 Å². The van der Waals surface area contributed by atoms with E-state index in [0.717, 1.165) is 6.07 Å². The molecule has 0 spiro atoms. The molecule has 0 fully saturated rings. The Kier molecular flexibility index (Phi) is 4.56. The molecular formula is C10H9BrFNO4. The van der Waals surface area contributed by atoms with E-state index >= 15 is 0 Å². The summed E-state index contributed by atoms with van der Waals surface area (Å²) in [6, 6.07) is 3.30. The number of esters is 1. The number of rotatable bonds is 4. The quantitative estimate of drug-likeness (QED) is 0.370. The third kappa shape index (κ3) is 3.48. The summed E-state index contributed by atoms with van der Waals surface area (Å²) in [5.74, 6) is -1.24. The molecule has 0 amide bonds. The van der Waals surface area contributed by atoms with Gasteiger partial charge in [-0.1, -0.05) is 15.9 Å². The van der Waals surface area contributed by atoms with Crippen molar-refractivity contribution < 1.29 is 18.8 Å². The number of hydrogen-bond donors (Lipinski definition) is 0. The van der Waals surface area contributed by atoms with Crippen LogP contribution in [0.3, 0.4) is 0 Å².